The van der Waals surface area contributed by atoms with E-state index in [4.69, 9.17) is 15.2 Å². The van der Waals surface area contributed by atoms with E-state index in [0.29, 0.717) is 16.8 Å². The van der Waals surface area contributed by atoms with Crippen LogP contribution in [0.2, 0.25) is 0 Å². The maximum Gasteiger partial charge on any atom is 0.337 e. The number of carbonyl (C=O) groups excluding carboxylic acids is 1. The lowest BCUT2D eigenvalue weighted by atomic mass is 10.1. The van der Waals surface area contributed by atoms with Gasteiger partial charge in [0.25, 0.3) is 0 Å². The maximum atomic E-state index is 11.3. The van der Waals surface area contributed by atoms with Crippen LogP contribution in [0.3, 0.4) is 0 Å². The lowest BCUT2D eigenvalue weighted by Gasteiger charge is -2.16. The van der Waals surface area contributed by atoms with E-state index in [1.54, 1.807) is 18.2 Å². The van der Waals surface area contributed by atoms with Gasteiger partial charge in [-0.2, -0.15) is 0 Å². The molecule has 1 rings (SSSR count). The fourth-order valence-corrected chi connectivity index (χ4v) is 1.37. The summed E-state index contributed by atoms with van der Waals surface area (Å²) in [4.78, 5) is 11.3. The van der Waals surface area contributed by atoms with Gasteiger partial charge >= 0.3 is 5.97 Å². The van der Waals surface area contributed by atoms with Crippen molar-refractivity contribution < 1.29 is 19.0 Å². The molecule has 18 heavy (non-hydrogen) atoms. The van der Waals surface area contributed by atoms with Crippen LogP contribution in [0.15, 0.2) is 18.2 Å². The Morgan fingerprint density at radius 1 is 1.17 bits per heavy atom. The molecule has 0 heterocycles. The first-order chi connectivity index (χ1) is 8.63. The number of nitrogen functional groups attached to an aromatic ring is 1. The van der Waals surface area contributed by atoms with Crippen LogP contribution < -0.4 is 5.73 Å². The summed E-state index contributed by atoms with van der Waals surface area (Å²) in [5.74, 6) is -0.424. The molecule has 0 atom stereocenters. The van der Waals surface area contributed by atoms with Crippen molar-refractivity contribution in [2.75, 3.05) is 27.1 Å². The van der Waals surface area contributed by atoms with Crippen molar-refractivity contribution in [3.05, 3.63) is 29.3 Å². The van der Waals surface area contributed by atoms with Crippen molar-refractivity contribution in [2.24, 2.45) is 0 Å². The number of benzene rings is 1. The average molecular weight is 255 g/mol. The quantitative estimate of drug-likeness (QED) is 0.508. The smallest absolute Gasteiger partial charge is 0.337 e. The van der Waals surface area contributed by atoms with Crippen LogP contribution >= 0.6 is 0 Å². The van der Waals surface area contributed by atoms with Crippen molar-refractivity contribution in [1.29, 1.82) is 0 Å². The van der Waals surface area contributed by atoms with Crippen molar-refractivity contribution in [3.8, 4) is 0 Å². The molecule has 5 heteroatoms. The highest BCUT2D eigenvalue weighted by Gasteiger charge is 2.15. The van der Waals surface area contributed by atoms with Gasteiger partial charge < -0.3 is 19.9 Å². The summed E-state index contributed by atoms with van der Waals surface area (Å²) in [5, 5.41) is 0. The Hall–Kier alpha value is -1.59. The zero-order valence-electron chi connectivity index (χ0n) is 11.5. The first kappa shape index (κ1) is 16.4. The van der Waals surface area contributed by atoms with E-state index in [0.717, 1.165) is 0 Å². The Bertz CT molecular complexity index is 375. The minimum Gasteiger partial charge on any atom is -0.465 e. The number of esters is 1. The van der Waals surface area contributed by atoms with Gasteiger partial charge in [-0.15, -0.1) is 0 Å². The molecule has 2 N–H and O–H groups in total. The third kappa shape index (κ3) is 4.01. The van der Waals surface area contributed by atoms with Gasteiger partial charge in [-0.3, -0.25) is 0 Å². The summed E-state index contributed by atoms with van der Waals surface area (Å²) >= 11 is 0. The number of anilines is 1. The van der Waals surface area contributed by atoms with Crippen LogP contribution in [-0.2, 0) is 14.2 Å². The predicted molar refractivity (Wildman–Crippen MR) is 70.3 cm³/mol. The number of hydrogen-bond acceptors (Lipinski definition) is 5. The van der Waals surface area contributed by atoms with Crippen LogP contribution in [0.25, 0.3) is 0 Å². The molecule has 0 amide bonds. The number of hydrogen-bond donors (Lipinski definition) is 1. The molecule has 0 radical (unpaired) electrons. The molecular weight excluding hydrogens is 234 g/mol. The van der Waals surface area contributed by atoms with E-state index in [-0.39, 0.29) is 0 Å². The third-order valence-corrected chi connectivity index (χ3v) is 2.19. The zero-order chi connectivity index (χ0) is 14.1. The van der Waals surface area contributed by atoms with Gasteiger partial charge in [0, 0.05) is 25.5 Å². The van der Waals surface area contributed by atoms with E-state index in [1.807, 2.05) is 13.8 Å². The highest BCUT2D eigenvalue weighted by Crippen LogP contribution is 2.25. The molecule has 0 spiro atoms. The van der Waals surface area contributed by atoms with Gasteiger partial charge in [-0.05, 0) is 18.2 Å². The molecule has 0 unspecified atom stereocenters. The van der Waals surface area contributed by atoms with Crippen LogP contribution in [0.4, 0.5) is 5.69 Å². The maximum absolute atomic E-state index is 11.3. The molecular formula is C13H21NO4. The summed E-state index contributed by atoms with van der Waals surface area (Å²) in [5.41, 5.74) is 7.28. The molecule has 0 saturated carbocycles. The molecule has 0 aliphatic rings. The van der Waals surface area contributed by atoms with Crippen LogP contribution in [0.5, 0.6) is 0 Å². The van der Waals surface area contributed by atoms with Crippen molar-refractivity contribution in [1.82, 2.24) is 0 Å². The standard InChI is InChI=1S/C11H15NO4.C2H6/c1-14-10(13)7-4-5-9(12)8(6-7)11(15-2)16-3;1-2/h4-6,11H,12H2,1-3H3;1-2H3. The SMILES string of the molecule is CC.COC(=O)c1ccc(N)c(C(OC)OC)c1. The number of rotatable bonds is 4. The molecule has 0 aromatic heterocycles. The van der Waals surface area contributed by atoms with E-state index in [2.05, 4.69) is 4.74 Å². The first-order valence-corrected chi connectivity index (χ1v) is 5.67. The van der Waals surface area contributed by atoms with Gasteiger partial charge in [0.15, 0.2) is 6.29 Å². The Labute approximate surface area is 108 Å². The number of methoxy groups -OCH3 is 3. The van der Waals surface area contributed by atoms with Gasteiger partial charge in [0.2, 0.25) is 0 Å². The molecule has 1 aromatic rings. The van der Waals surface area contributed by atoms with Crippen molar-refractivity contribution in [3.63, 3.8) is 0 Å². The predicted octanol–water partition coefficient (Wildman–Crippen LogP) is 2.37. The summed E-state index contributed by atoms with van der Waals surface area (Å²) in [6.07, 6.45) is -0.593. The lowest BCUT2D eigenvalue weighted by Crippen LogP contribution is -2.09. The molecule has 0 aliphatic heterocycles. The highest BCUT2D eigenvalue weighted by molar-refractivity contribution is 5.90. The molecule has 0 saturated heterocycles. The second kappa shape index (κ2) is 8.49. The van der Waals surface area contributed by atoms with E-state index >= 15 is 0 Å². The minimum atomic E-state index is -0.593. The second-order valence-electron chi connectivity index (χ2n) is 3.14. The van der Waals surface area contributed by atoms with Gasteiger partial charge in [-0.25, -0.2) is 4.79 Å². The van der Waals surface area contributed by atoms with Crippen LogP contribution in [-0.4, -0.2) is 27.3 Å². The highest BCUT2D eigenvalue weighted by atomic mass is 16.7. The molecule has 102 valence electrons. The summed E-state index contributed by atoms with van der Waals surface area (Å²) < 4.78 is 14.8. The second-order valence-corrected chi connectivity index (χ2v) is 3.14. The van der Waals surface area contributed by atoms with Crippen molar-refractivity contribution in [2.45, 2.75) is 20.1 Å². The monoisotopic (exact) mass is 255 g/mol. The summed E-state index contributed by atoms with van der Waals surface area (Å²) in [6, 6.07) is 4.80. The zero-order valence-corrected chi connectivity index (χ0v) is 11.5. The van der Waals surface area contributed by atoms with Crippen molar-refractivity contribution >= 4 is 11.7 Å². The van der Waals surface area contributed by atoms with Gasteiger partial charge in [0.1, 0.15) is 0 Å². The topological polar surface area (TPSA) is 70.8 Å². The van der Waals surface area contributed by atoms with E-state index < -0.39 is 12.3 Å². The molecule has 0 fully saturated rings. The minimum absolute atomic E-state index is 0.408. The normalized spacial score (nSPS) is 9.67. The van der Waals surface area contributed by atoms with Crippen LogP contribution in [0.1, 0.15) is 36.1 Å². The van der Waals surface area contributed by atoms with E-state index in [9.17, 15) is 4.79 Å². The molecule has 1 aromatic carbocycles. The number of ether oxygens (including phenoxy) is 3. The summed E-state index contributed by atoms with van der Waals surface area (Å²) in [6.45, 7) is 4.00. The van der Waals surface area contributed by atoms with E-state index in [1.165, 1.54) is 21.3 Å². The Balaban J connectivity index is 0.00000137. The average Bonchev–Trinajstić information content (AvgIpc) is 2.43. The van der Waals surface area contributed by atoms with Gasteiger partial charge in [-0.1, -0.05) is 13.8 Å². The number of nitrogens with two attached hydrogens (primary N) is 1. The third-order valence-electron chi connectivity index (χ3n) is 2.19. The molecule has 0 bridgehead atoms. The Kier molecular flexibility index (Phi) is 7.74. The molecule has 0 aliphatic carbocycles. The molecule has 5 nitrogen and oxygen atoms in total. The number of carbonyl (C=O) groups is 1. The lowest BCUT2D eigenvalue weighted by molar-refractivity contribution is -0.105. The summed E-state index contributed by atoms with van der Waals surface area (Å²) in [7, 11) is 4.32. The fraction of sp³-hybridized carbons (Fsp3) is 0.462. The Morgan fingerprint density at radius 3 is 2.17 bits per heavy atom. The largest absolute Gasteiger partial charge is 0.465 e. The fourth-order valence-electron chi connectivity index (χ4n) is 1.37. The van der Waals surface area contributed by atoms with Crippen LogP contribution in [0, 0.1) is 0 Å². The first-order valence-electron chi connectivity index (χ1n) is 5.67. The van der Waals surface area contributed by atoms with Gasteiger partial charge in [0.05, 0.1) is 12.7 Å². The Morgan fingerprint density at radius 2 is 1.72 bits per heavy atom.